The number of nitrogens with one attached hydrogen (secondary N) is 1. The van der Waals surface area contributed by atoms with Gasteiger partial charge in [-0.05, 0) is 19.3 Å². The zero-order valence-electron chi connectivity index (χ0n) is 11.4. The molecule has 0 saturated carbocycles. The topological polar surface area (TPSA) is 92.1 Å². The van der Waals surface area contributed by atoms with Crippen molar-refractivity contribution in [2.45, 2.75) is 38.6 Å². The highest BCUT2D eigenvalue weighted by Gasteiger charge is 2.27. The van der Waals surface area contributed by atoms with E-state index in [1.165, 1.54) is 4.31 Å². The molecule has 0 spiro atoms. The van der Waals surface area contributed by atoms with Crippen LogP contribution in [0.2, 0.25) is 0 Å². The van der Waals surface area contributed by atoms with Crippen LogP contribution in [0.4, 0.5) is 0 Å². The van der Waals surface area contributed by atoms with Crippen molar-refractivity contribution < 1.29 is 8.42 Å². The Labute approximate surface area is 109 Å². The summed E-state index contributed by atoms with van der Waals surface area (Å²) in [6.07, 6.45) is 0.824. The Morgan fingerprint density at radius 1 is 1.44 bits per heavy atom. The predicted octanol–water partition coefficient (Wildman–Crippen LogP) is 0.843. The standard InChI is InChI=1S/C11H22N4O2S/c1-8(2)5-6-15(4)18(16,17)11-9(3)13-14-10(11)7-12/h8H,5-7,12H2,1-4H3,(H,13,14). The molecule has 1 aromatic heterocycles. The molecular formula is C11H22N4O2S. The Bertz CT molecular complexity index is 493. The summed E-state index contributed by atoms with van der Waals surface area (Å²) >= 11 is 0. The summed E-state index contributed by atoms with van der Waals surface area (Å²) in [5.74, 6) is 0.460. The fourth-order valence-corrected chi connectivity index (χ4v) is 3.18. The van der Waals surface area contributed by atoms with Crippen molar-refractivity contribution in [3.63, 3.8) is 0 Å². The first-order valence-corrected chi connectivity index (χ1v) is 7.45. The summed E-state index contributed by atoms with van der Waals surface area (Å²) in [5.41, 5.74) is 6.44. The van der Waals surface area contributed by atoms with Crippen molar-refractivity contribution in [1.29, 1.82) is 0 Å². The van der Waals surface area contributed by atoms with Crippen LogP contribution >= 0.6 is 0 Å². The first-order valence-electron chi connectivity index (χ1n) is 6.01. The molecule has 0 aliphatic rings. The molecule has 6 nitrogen and oxygen atoms in total. The van der Waals surface area contributed by atoms with Gasteiger partial charge < -0.3 is 5.73 Å². The summed E-state index contributed by atoms with van der Waals surface area (Å²) in [6, 6.07) is 0. The first-order chi connectivity index (χ1) is 8.30. The monoisotopic (exact) mass is 274 g/mol. The molecule has 3 N–H and O–H groups in total. The van der Waals surface area contributed by atoms with Gasteiger partial charge in [-0.2, -0.15) is 5.10 Å². The van der Waals surface area contributed by atoms with Crippen molar-refractivity contribution in [2.75, 3.05) is 13.6 Å². The third-order valence-electron chi connectivity index (χ3n) is 2.84. The van der Waals surface area contributed by atoms with E-state index in [2.05, 4.69) is 24.0 Å². The van der Waals surface area contributed by atoms with E-state index in [1.54, 1.807) is 14.0 Å². The molecule has 0 aliphatic heterocycles. The molecule has 1 heterocycles. The molecule has 0 amide bonds. The molecule has 0 aliphatic carbocycles. The maximum atomic E-state index is 12.4. The van der Waals surface area contributed by atoms with Crippen LogP contribution in [0.1, 0.15) is 31.7 Å². The molecule has 0 bridgehead atoms. The molecule has 0 aromatic carbocycles. The van der Waals surface area contributed by atoms with Gasteiger partial charge >= 0.3 is 0 Å². The number of H-pyrrole nitrogens is 1. The Balaban J connectivity index is 3.02. The Morgan fingerprint density at radius 3 is 2.56 bits per heavy atom. The first kappa shape index (κ1) is 15.1. The number of aryl methyl sites for hydroxylation is 1. The number of sulfonamides is 1. The van der Waals surface area contributed by atoms with Gasteiger partial charge in [-0.1, -0.05) is 13.8 Å². The van der Waals surface area contributed by atoms with E-state index in [0.717, 1.165) is 6.42 Å². The minimum Gasteiger partial charge on any atom is -0.325 e. The summed E-state index contributed by atoms with van der Waals surface area (Å²) in [6.45, 7) is 6.42. The molecule has 18 heavy (non-hydrogen) atoms. The molecule has 1 rings (SSSR count). The van der Waals surface area contributed by atoms with Gasteiger partial charge in [-0.15, -0.1) is 0 Å². The molecule has 0 radical (unpaired) electrons. The molecule has 0 atom stereocenters. The van der Waals surface area contributed by atoms with E-state index in [0.29, 0.717) is 23.9 Å². The van der Waals surface area contributed by atoms with Crippen LogP contribution in [0.5, 0.6) is 0 Å². The van der Waals surface area contributed by atoms with Crippen LogP contribution in [-0.2, 0) is 16.6 Å². The summed E-state index contributed by atoms with van der Waals surface area (Å²) < 4.78 is 26.2. The third-order valence-corrected chi connectivity index (χ3v) is 4.91. The van der Waals surface area contributed by atoms with Gasteiger partial charge in [-0.3, -0.25) is 5.10 Å². The van der Waals surface area contributed by atoms with Crippen LogP contribution in [0.25, 0.3) is 0 Å². The third kappa shape index (κ3) is 3.09. The zero-order chi connectivity index (χ0) is 13.9. The molecular weight excluding hydrogens is 252 g/mol. The van der Waals surface area contributed by atoms with Crippen LogP contribution in [0.15, 0.2) is 4.90 Å². The van der Waals surface area contributed by atoms with E-state index >= 15 is 0 Å². The summed E-state index contributed by atoms with van der Waals surface area (Å²) in [7, 11) is -1.92. The number of nitrogens with zero attached hydrogens (tertiary/aromatic N) is 2. The highest BCUT2D eigenvalue weighted by atomic mass is 32.2. The predicted molar refractivity (Wildman–Crippen MR) is 70.5 cm³/mol. The lowest BCUT2D eigenvalue weighted by molar-refractivity contribution is 0.427. The SMILES string of the molecule is Cc1[nH]nc(CN)c1S(=O)(=O)N(C)CCC(C)C. The van der Waals surface area contributed by atoms with Crippen LogP contribution in [-0.4, -0.2) is 36.5 Å². The second-order valence-corrected chi connectivity index (χ2v) is 6.82. The fraction of sp³-hybridized carbons (Fsp3) is 0.727. The average molecular weight is 274 g/mol. The highest BCUT2D eigenvalue weighted by molar-refractivity contribution is 7.89. The summed E-state index contributed by atoms with van der Waals surface area (Å²) in [5, 5.41) is 6.60. The molecule has 1 aromatic rings. The van der Waals surface area contributed by atoms with E-state index in [4.69, 9.17) is 5.73 Å². The molecule has 0 saturated heterocycles. The lowest BCUT2D eigenvalue weighted by Crippen LogP contribution is -2.30. The lowest BCUT2D eigenvalue weighted by atomic mass is 10.1. The Kier molecular flexibility index (Phi) is 4.89. The minimum atomic E-state index is -3.51. The largest absolute Gasteiger partial charge is 0.325 e. The molecule has 0 fully saturated rings. The number of aromatic nitrogens is 2. The maximum absolute atomic E-state index is 12.4. The van der Waals surface area contributed by atoms with E-state index < -0.39 is 10.0 Å². The zero-order valence-corrected chi connectivity index (χ0v) is 12.2. The van der Waals surface area contributed by atoms with Crippen LogP contribution in [0.3, 0.4) is 0 Å². The van der Waals surface area contributed by atoms with E-state index in [9.17, 15) is 8.42 Å². The van der Waals surface area contributed by atoms with Crippen molar-refractivity contribution in [1.82, 2.24) is 14.5 Å². The number of rotatable bonds is 6. The smallest absolute Gasteiger partial charge is 0.246 e. The van der Waals surface area contributed by atoms with Gasteiger partial charge in [0.25, 0.3) is 0 Å². The van der Waals surface area contributed by atoms with Gasteiger partial charge in [0.15, 0.2) is 0 Å². The van der Waals surface area contributed by atoms with Crippen LogP contribution < -0.4 is 5.73 Å². The normalized spacial score (nSPS) is 12.6. The molecule has 104 valence electrons. The van der Waals surface area contributed by atoms with Crippen molar-refractivity contribution in [2.24, 2.45) is 11.7 Å². The number of hydrogen-bond acceptors (Lipinski definition) is 4. The lowest BCUT2D eigenvalue weighted by Gasteiger charge is -2.18. The van der Waals surface area contributed by atoms with E-state index in [1.807, 2.05) is 0 Å². The van der Waals surface area contributed by atoms with Gasteiger partial charge in [0, 0.05) is 20.1 Å². The van der Waals surface area contributed by atoms with Gasteiger partial charge in [-0.25, -0.2) is 12.7 Å². The quantitative estimate of drug-likeness (QED) is 0.804. The number of aromatic amines is 1. The van der Waals surface area contributed by atoms with E-state index in [-0.39, 0.29) is 11.4 Å². The maximum Gasteiger partial charge on any atom is 0.246 e. The van der Waals surface area contributed by atoms with Crippen LogP contribution in [0, 0.1) is 12.8 Å². The number of nitrogens with two attached hydrogens (primary N) is 1. The summed E-state index contributed by atoms with van der Waals surface area (Å²) in [4.78, 5) is 0.219. The van der Waals surface area contributed by atoms with Gasteiger partial charge in [0.1, 0.15) is 4.90 Å². The van der Waals surface area contributed by atoms with Gasteiger partial charge in [0.05, 0.1) is 11.4 Å². The molecule has 7 heteroatoms. The Morgan fingerprint density at radius 2 is 2.06 bits per heavy atom. The second-order valence-electron chi connectivity index (χ2n) is 4.84. The van der Waals surface area contributed by atoms with Crippen molar-refractivity contribution >= 4 is 10.0 Å². The Hall–Kier alpha value is -0.920. The number of hydrogen-bond donors (Lipinski definition) is 2. The van der Waals surface area contributed by atoms with Crippen molar-refractivity contribution in [3.8, 4) is 0 Å². The van der Waals surface area contributed by atoms with Gasteiger partial charge in [0.2, 0.25) is 10.0 Å². The fourth-order valence-electron chi connectivity index (χ4n) is 1.67. The second kappa shape index (κ2) is 5.81. The minimum absolute atomic E-state index is 0.108. The highest BCUT2D eigenvalue weighted by Crippen LogP contribution is 2.21. The molecule has 0 unspecified atom stereocenters. The van der Waals surface area contributed by atoms with Crippen molar-refractivity contribution in [3.05, 3.63) is 11.4 Å². The average Bonchev–Trinajstić information content (AvgIpc) is 2.67.